The highest BCUT2D eigenvalue weighted by Gasteiger charge is 2.24. The van der Waals surface area contributed by atoms with Gasteiger partial charge in [0.15, 0.2) is 0 Å². The number of nitrogens with zero attached hydrogens (tertiary/aromatic N) is 1. The quantitative estimate of drug-likeness (QED) is 0.839. The molecular weight excluding hydrogens is 294 g/mol. The monoisotopic (exact) mass is 312 g/mol. The zero-order chi connectivity index (χ0) is 14.6. The number of rotatable bonds is 7. The van der Waals surface area contributed by atoms with Gasteiger partial charge in [-0.15, -0.1) is 11.3 Å². The highest BCUT2D eigenvalue weighted by molar-refractivity contribution is 7.89. The van der Waals surface area contributed by atoms with E-state index in [1.54, 1.807) is 0 Å². The third kappa shape index (κ3) is 4.79. The average molecular weight is 312 g/mol. The molecule has 19 heavy (non-hydrogen) atoms. The lowest BCUT2D eigenvalue weighted by Crippen LogP contribution is -2.31. The van der Waals surface area contributed by atoms with Crippen LogP contribution in [0.3, 0.4) is 0 Å². The minimum atomic E-state index is -3.82. The van der Waals surface area contributed by atoms with Crippen molar-refractivity contribution in [3.63, 3.8) is 0 Å². The predicted octanol–water partition coefficient (Wildman–Crippen LogP) is 2.13. The van der Waals surface area contributed by atoms with Gasteiger partial charge in [0.25, 0.3) is 6.43 Å². The van der Waals surface area contributed by atoms with E-state index in [2.05, 4.69) is 5.32 Å². The van der Waals surface area contributed by atoms with Gasteiger partial charge in [-0.3, -0.25) is 0 Å². The third-order valence-electron chi connectivity index (χ3n) is 2.42. The van der Waals surface area contributed by atoms with E-state index >= 15 is 0 Å². The van der Waals surface area contributed by atoms with Crippen molar-refractivity contribution in [2.45, 2.75) is 37.8 Å². The lowest BCUT2D eigenvalue weighted by atomic mass is 10.4. The Hall–Kier alpha value is -0.570. The van der Waals surface area contributed by atoms with Crippen LogP contribution in [0.25, 0.3) is 0 Å². The van der Waals surface area contributed by atoms with Crippen LogP contribution in [0, 0.1) is 0 Å². The van der Waals surface area contributed by atoms with E-state index in [1.165, 1.54) is 22.8 Å². The van der Waals surface area contributed by atoms with Gasteiger partial charge in [-0.25, -0.2) is 17.2 Å². The van der Waals surface area contributed by atoms with Gasteiger partial charge in [-0.2, -0.15) is 4.31 Å². The Morgan fingerprint density at radius 2 is 2.05 bits per heavy atom. The summed E-state index contributed by atoms with van der Waals surface area (Å²) >= 11 is 1.30. The largest absolute Gasteiger partial charge is 0.310 e. The van der Waals surface area contributed by atoms with Crippen molar-refractivity contribution in [2.24, 2.45) is 0 Å². The molecule has 1 N–H and O–H groups in total. The van der Waals surface area contributed by atoms with Gasteiger partial charge < -0.3 is 5.32 Å². The summed E-state index contributed by atoms with van der Waals surface area (Å²) in [4.78, 5) is 0.930. The van der Waals surface area contributed by atoms with Crippen molar-refractivity contribution >= 4 is 21.4 Å². The lowest BCUT2D eigenvalue weighted by Gasteiger charge is -2.15. The maximum absolute atomic E-state index is 12.2. The molecule has 0 aliphatic heterocycles. The summed E-state index contributed by atoms with van der Waals surface area (Å²) in [6.45, 7) is 3.75. The van der Waals surface area contributed by atoms with Crippen LogP contribution in [0.15, 0.2) is 16.3 Å². The second-order valence-corrected chi connectivity index (χ2v) is 7.50. The van der Waals surface area contributed by atoms with E-state index in [0.717, 1.165) is 11.9 Å². The Morgan fingerprint density at radius 3 is 2.58 bits per heavy atom. The molecule has 0 amide bonds. The van der Waals surface area contributed by atoms with Gasteiger partial charge in [0.05, 0.1) is 11.4 Å². The molecule has 0 unspecified atom stereocenters. The summed E-state index contributed by atoms with van der Waals surface area (Å²) in [5.41, 5.74) is 0. The maximum Gasteiger partial charge on any atom is 0.252 e. The van der Waals surface area contributed by atoms with Crippen LogP contribution < -0.4 is 5.32 Å². The first-order valence-corrected chi connectivity index (χ1v) is 8.10. The molecule has 0 spiro atoms. The molecule has 0 fully saturated rings. The van der Waals surface area contributed by atoms with Crippen LogP contribution in [0.5, 0.6) is 0 Å². The summed E-state index contributed by atoms with van der Waals surface area (Å²) < 4.78 is 49.1. The van der Waals surface area contributed by atoms with E-state index in [4.69, 9.17) is 0 Å². The van der Waals surface area contributed by atoms with Gasteiger partial charge in [-0.1, -0.05) is 13.8 Å². The van der Waals surface area contributed by atoms with Gasteiger partial charge in [0, 0.05) is 29.9 Å². The number of hydrogen-bond acceptors (Lipinski definition) is 4. The molecule has 1 aromatic rings. The number of hydrogen-bond donors (Lipinski definition) is 1. The Morgan fingerprint density at radius 1 is 1.42 bits per heavy atom. The smallest absolute Gasteiger partial charge is 0.252 e. The Bertz CT molecular complexity index is 501. The Labute approximate surface area is 116 Å². The molecule has 0 bridgehead atoms. The molecule has 0 saturated heterocycles. The van der Waals surface area contributed by atoms with Crippen molar-refractivity contribution in [1.82, 2.24) is 9.62 Å². The number of alkyl halides is 2. The summed E-state index contributed by atoms with van der Waals surface area (Å²) in [6, 6.07) is 1.82. The van der Waals surface area contributed by atoms with Crippen LogP contribution in [-0.2, 0) is 16.6 Å². The fourth-order valence-electron chi connectivity index (χ4n) is 1.37. The molecule has 0 radical (unpaired) electrons. The SMILES string of the molecule is CC(C)NCc1cc(S(=O)(=O)N(C)CC(F)F)cs1. The summed E-state index contributed by atoms with van der Waals surface area (Å²) in [5, 5.41) is 4.65. The molecule has 1 rings (SSSR count). The van der Waals surface area contributed by atoms with Gasteiger partial charge >= 0.3 is 0 Å². The predicted molar refractivity (Wildman–Crippen MR) is 72.1 cm³/mol. The van der Waals surface area contributed by atoms with Crippen LogP contribution in [0.4, 0.5) is 8.78 Å². The maximum atomic E-state index is 12.2. The van der Waals surface area contributed by atoms with Gasteiger partial charge in [-0.05, 0) is 6.07 Å². The van der Waals surface area contributed by atoms with Gasteiger partial charge in [0.2, 0.25) is 10.0 Å². The number of sulfonamides is 1. The molecule has 4 nitrogen and oxygen atoms in total. The molecule has 0 aliphatic carbocycles. The summed E-state index contributed by atoms with van der Waals surface area (Å²) in [5.74, 6) is 0. The van der Waals surface area contributed by atoms with Crippen molar-refractivity contribution in [1.29, 1.82) is 0 Å². The highest BCUT2D eigenvalue weighted by atomic mass is 32.2. The molecule has 0 aromatic carbocycles. The molecule has 0 saturated carbocycles. The van der Waals surface area contributed by atoms with E-state index in [0.29, 0.717) is 16.9 Å². The van der Waals surface area contributed by atoms with Crippen LogP contribution in [0.2, 0.25) is 0 Å². The highest BCUT2D eigenvalue weighted by Crippen LogP contribution is 2.22. The molecule has 8 heteroatoms. The van der Waals surface area contributed by atoms with Crippen molar-refractivity contribution in [3.8, 4) is 0 Å². The number of thiophene rings is 1. The first-order valence-electron chi connectivity index (χ1n) is 5.78. The normalized spacial score (nSPS) is 12.8. The second-order valence-electron chi connectivity index (χ2n) is 4.46. The number of halogens is 2. The van der Waals surface area contributed by atoms with E-state index in [-0.39, 0.29) is 4.90 Å². The topological polar surface area (TPSA) is 49.4 Å². The summed E-state index contributed by atoms with van der Waals surface area (Å²) in [7, 11) is -2.66. The average Bonchev–Trinajstić information content (AvgIpc) is 2.74. The van der Waals surface area contributed by atoms with Crippen LogP contribution in [0.1, 0.15) is 18.7 Å². The fourth-order valence-corrected chi connectivity index (χ4v) is 3.73. The minimum Gasteiger partial charge on any atom is -0.310 e. The molecule has 1 heterocycles. The second kappa shape index (κ2) is 6.74. The van der Waals surface area contributed by atoms with E-state index < -0.39 is 23.0 Å². The van der Waals surface area contributed by atoms with E-state index in [9.17, 15) is 17.2 Å². The van der Waals surface area contributed by atoms with Crippen molar-refractivity contribution < 1.29 is 17.2 Å². The fraction of sp³-hybridized carbons (Fsp3) is 0.636. The van der Waals surface area contributed by atoms with Crippen LogP contribution >= 0.6 is 11.3 Å². The zero-order valence-corrected chi connectivity index (χ0v) is 12.7. The van der Waals surface area contributed by atoms with Crippen LogP contribution in [-0.4, -0.2) is 38.8 Å². The summed E-state index contributed by atoms with van der Waals surface area (Å²) in [6.07, 6.45) is -2.68. The Balaban J connectivity index is 2.79. The zero-order valence-electron chi connectivity index (χ0n) is 11.1. The van der Waals surface area contributed by atoms with E-state index in [1.807, 2.05) is 13.8 Å². The van der Waals surface area contributed by atoms with Gasteiger partial charge in [0.1, 0.15) is 0 Å². The number of nitrogens with one attached hydrogen (secondary N) is 1. The standard InChI is InChI=1S/C11H18F2N2O2S2/c1-8(2)14-5-9-4-10(7-18-9)19(16,17)15(3)6-11(12)13/h4,7-8,11,14H,5-6H2,1-3H3. The molecule has 110 valence electrons. The first kappa shape index (κ1) is 16.5. The molecule has 1 aromatic heterocycles. The first-order chi connectivity index (χ1) is 8.73. The van der Waals surface area contributed by atoms with Crippen molar-refractivity contribution in [3.05, 3.63) is 16.3 Å². The Kier molecular flexibility index (Phi) is 5.84. The minimum absolute atomic E-state index is 0.0706. The molecule has 0 aliphatic rings. The van der Waals surface area contributed by atoms with Crippen molar-refractivity contribution in [2.75, 3.05) is 13.6 Å². The third-order valence-corrected chi connectivity index (χ3v) is 5.30. The lowest BCUT2D eigenvalue weighted by molar-refractivity contribution is 0.126. The molecule has 0 atom stereocenters. The molecular formula is C11H18F2N2O2S2.